The Balaban J connectivity index is 3.04. The van der Waals surface area contributed by atoms with Crippen LogP contribution in [0, 0.1) is 0 Å². The van der Waals surface area contributed by atoms with Crippen LogP contribution in [-0.2, 0) is 15.8 Å². The molecule has 0 amide bonds. The van der Waals surface area contributed by atoms with Gasteiger partial charge in [0.25, 0.3) is 0 Å². The van der Waals surface area contributed by atoms with E-state index in [-0.39, 0.29) is 11.6 Å². The van der Waals surface area contributed by atoms with Crippen molar-refractivity contribution in [1.82, 2.24) is 0 Å². The largest absolute Gasteiger partial charge is 0.409 e. The van der Waals surface area contributed by atoms with Gasteiger partial charge in [-0.25, -0.2) is 13.6 Å². The van der Waals surface area contributed by atoms with Gasteiger partial charge in [-0.3, -0.25) is 0 Å². The molecule has 0 saturated heterocycles. The van der Waals surface area contributed by atoms with Gasteiger partial charge in [0.05, 0.1) is 5.75 Å². The molecule has 0 fully saturated rings. The van der Waals surface area contributed by atoms with Gasteiger partial charge in [-0.05, 0) is 11.6 Å². The van der Waals surface area contributed by atoms with Crippen molar-refractivity contribution in [2.75, 3.05) is 0 Å². The summed E-state index contributed by atoms with van der Waals surface area (Å²) >= 11 is 0. The van der Waals surface area contributed by atoms with Crippen molar-refractivity contribution in [3.05, 3.63) is 35.4 Å². The normalized spacial score (nSPS) is 12.7. The highest BCUT2D eigenvalue weighted by atomic mass is 32.2. The van der Waals surface area contributed by atoms with E-state index in [1.165, 1.54) is 6.07 Å². The molecule has 0 radical (unpaired) electrons. The third-order valence-corrected chi connectivity index (χ3v) is 2.43. The van der Waals surface area contributed by atoms with E-state index in [4.69, 9.17) is 16.1 Å². The van der Waals surface area contributed by atoms with Crippen LogP contribution in [0.3, 0.4) is 0 Å². The van der Waals surface area contributed by atoms with Crippen LogP contribution < -0.4 is 10.9 Å². The minimum atomic E-state index is -3.57. The van der Waals surface area contributed by atoms with Gasteiger partial charge in [0.2, 0.25) is 10.0 Å². The molecule has 5 N–H and O–H groups in total. The Hall–Kier alpha value is -1.60. The first kappa shape index (κ1) is 11.5. The zero-order valence-electron chi connectivity index (χ0n) is 7.79. The Morgan fingerprint density at radius 1 is 1.47 bits per heavy atom. The lowest BCUT2D eigenvalue weighted by molar-refractivity contribution is 0.318. The third-order valence-electron chi connectivity index (χ3n) is 1.70. The number of nitrogens with zero attached hydrogens (tertiary/aromatic N) is 1. The molecule has 0 saturated carbocycles. The molecule has 0 heterocycles. The van der Waals surface area contributed by atoms with Gasteiger partial charge >= 0.3 is 0 Å². The summed E-state index contributed by atoms with van der Waals surface area (Å²) in [5.74, 6) is -0.356. The molecule has 1 aromatic rings. The molecule has 0 aliphatic carbocycles. The van der Waals surface area contributed by atoms with E-state index in [9.17, 15) is 8.42 Å². The highest BCUT2D eigenvalue weighted by molar-refractivity contribution is 7.88. The molecule has 0 aromatic heterocycles. The lowest BCUT2D eigenvalue weighted by atomic mass is 10.1. The lowest BCUT2D eigenvalue weighted by Crippen LogP contribution is -2.16. The van der Waals surface area contributed by atoms with Crippen LogP contribution >= 0.6 is 0 Å². The second-order valence-electron chi connectivity index (χ2n) is 2.99. The van der Waals surface area contributed by atoms with Crippen molar-refractivity contribution in [1.29, 1.82) is 0 Å². The molecular formula is C8H11N3O3S. The fraction of sp³-hybridized carbons (Fsp3) is 0.125. The third kappa shape index (κ3) is 3.56. The second-order valence-corrected chi connectivity index (χ2v) is 4.61. The molecule has 0 aliphatic rings. The van der Waals surface area contributed by atoms with Gasteiger partial charge in [-0.1, -0.05) is 23.4 Å². The predicted molar refractivity (Wildman–Crippen MR) is 55.8 cm³/mol. The number of rotatable bonds is 3. The molecule has 0 bridgehead atoms. The van der Waals surface area contributed by atoms with Crippen molar-refractivity contribution in [3.8, 4) is 0 Å². The van der Waals surface area contributed by atoms with Crippen LogP contribution in [0.25, 0.3) is 0 Å². The van der Waals surface area contributed by atoms with Gasteiger partial charge in [0, 0.05) is 5.56 Å². The molecule has 0 unspecified atom stereocenters. The van der Waals surface area contributed by atoms with E-state index >= 15 is 0 Å². The first-order valence-corrected chi connectivity index (χ1v) is 5.71. The lowest BCUT2D eigenvalue weighted by Gasteiger charge is -2.02. The molecule has 0 atom stereocenters. The molecule has 6 nitrogen and oxygen atoms in total. The van der Waals surface area contributed by atoms with Crippen LogP contribution in [0.1, 0.15) is 11.1 Å². The van der Waals surface area contributed by atoms with Crippen molar-refractivity contribution in [2.45, 2.75) is 5.75 Å². The Labute approximate surface area is 87.2 Å². The number of sulfonamides is 1. The number of amidine groups is 1. The smallest absolute Gasteiger partial charge is 0.213 e. The average Bonchev–Trinajstić information content (AvgIpc) is 2.14. The Kier molecular flexibility index (Phi) is 3.28. The number of benzene rings is 1. The minimum absolute atomic E-state index is 0.0775. The molecule has 7 heteroatoms. The van der Waals surface area contributed by atoms with E-state index in [1.54, 1.807) is 18.2 Å². The van der Waals surface area contributed by atoms with Crippen molar-refractivity contribution in [2.24, 2.45) is 16.0 Å². The van der Waals surface area contributed by atoms with Gasteiger partial charge in [0.1, 0.15) is 0 Å². The Morgan fingerprint density at radius 3 is 2.67 bits per heavy atom. The first-order valence-electron chi connectivity index (χ1n) is 3.99. The fourth-order valence-electron chi connectivity index (χ4n) is 1.11. The van der Waals surface area contributed by atoms with Gasteiger partial charge in [0.15, 0.2) is 5.84 Å². The van der Waals surface area contributed by atoms with Crippen molar-refractivity contribution in [3.63, 3.8) is 0 Å². The highest BCUT2D eigenvalue weighted by Gasteiger charge is 2.06. The highest BCUT2D eigenvalue weighted by Crippen LogP contribution is 2.07. The molecule has 82 valence electrons. The summed E-state index contributed by atoms with van der Waals surface area (Å²) < 4.78 is 21.6. The number of nitrogens with two attached hydrogens (primary N) is 2. The van der Waals surface area contributed by atoms with E-state index < -0.39 is 10.0 Å². The number of hydrogen-bond donors (Lipinski definition) is 3. The first-order chi connectivity index (χ1) is 6.92. The maximum atomic E-state index is 10.8. The van der Waals surface area contributed by atoms with E-state index in [0.717, 1.165) is 0 Å². The maximum Gasteiger partial charge on any atom is 0.213 e. The molecular weight excluding hydrogens is 218 g/mol. The zero-order chi connectivity index (χ0) is 11.5. The molecule has 1 rings (SSSR count). The topological polar surface area (TPSA) is 119 Å². The van der Waals surface area contributed by atoms with E-state index in [2.05, 4.69) is 5.16 Å². The molecule has 15 heavy (non-hydrogen) atoms. The summed E-state index contributed by atoms with van der Waals surface area (Å²) in [7, 11) is -3.57. The van der Waals surface area contributed by atoms with Crippen LogP contribution in [0.4, 0.5) is 0 Å². The fourth-order valence-corrected chi connectivity index (χ4v) is 1.75. The van der Waals surface area contributed by atoms with Crippen molar-refractivity contribution < 1.29 is 13.6 Å². The monoisotopic (exact) mass is 229 g/mol. The number of oxime groups is 1. The van der Waals surface area contributed by atoms with Crippen molar-refractivity contribution >= 4 is 15.9 Å². The SMILES string of the molecule is NC(=NO)c1cccc(CS(N)(=O)=O)c1. The quantitative estimate of drug-likeness (QED) is 0.282. The standard InChI is InChI=1S/C8H11N3O3S/c9-8(11-12)7-3-1-2-6(4-7)5-15(10,13)14/h1-4,12H,5H2,(H2,9,11)(H2,10,13,14). The van der Waals surface area contributed by atoms with Gasteiger partial charge in [-0.15, -0.1) is 0 Å². The molecule has 0 spiro atoms. The van der Waals surface area contributed by atoms with Crippen LogP contribution in [0.15, 0.2) is 29.4 Å². The zero-order valence-corrected chi connectivity index (χ0v) is 8.61. The Bertz CT molecular complexity index is 482. The predicted octanol–water partition coefficient (Wildman–Crippen LogP) is -0.430. The summed E-state index contributed by atoms with van der Waals surface area (Å²) in [5, 5.41) is 16.1. The minimum Gasteiger partial charge on any atom is -0.409 e. The summed E-state index contributed by atoms with van der Waals surface area (Å²) in [6, 6.07) is 6.30. The van der Waals surface area contributed by atoms with E-state index in [1.807, 2.05) is 0 Å². The molecule has 0 aliphatic heterocycles. The van der Waals surface area contributed by atoms with Gasteiger partial charge in [-0.2, -0.15) is 0 Å². The van der Waals surface area contributed by atoms with Crippen LogP contribution in [0.2, 0.25) is 0 Å². The second kappa shape index (κ2) is 4.28. The number of hydrogen-bond acceptors (Lipinski definition) is 4. The average molecular weight is 229 g/mol. The van der Waals surface area contributed by atoms with E-state index in [0.29, 0.717) is 11.1 Å². The Morgan fingerprint density at radius 2 is 2.13 bits per heavy atom. The van der Waals surface area contributed by atoms with Crippen LogP contribution in [0.5, 0.6) is 0 Å². The summed E-state index contributed by atoms with van der Waals surface area (Å²) in [4.78, 5) is 0. The number of primary sulfonamides is 1. The maximum absolute atomic E-state index is 10.8. The molecule has 1 aromatic carbocycles. The van der Waals surface area contributed by atoms with Gasteiger partial charge < -0.3 is 10.9 Å². The summed E-state index contributed by atoms with van der Waals surface area (Å²) in [6.07, 6.45) is 0. The summed E-state index contributed by atoms with van der Waals surface area (Å²) in [6.45, 7) is 0. The van der Waals surface area contributed by atoms with Crippen LogP contribution in [-0.4, -0.2) is 19.5 Å². The summed E-state index contributed by atoms with van der Waals surface area (Å²) in [5.41, 5.74) is 6.28.